The topological polar surface area (TPSA) is 27.7 Å². The minimum atomic E-state index is -0.575. The lowest BCUT2D eigenvalue weighted by molar-refractivity contribution is -0.235. The molecule has 3 fully saturated rings. The largest absolute Gasteiger partial charge is 0.369 e. The van der Waals surface area contributed by atoms with Gasteiger partial charge in [0.2, 0.25) is 0 Å². The molecule has 0 bridgehead atoms. The van der Waals surface area contributed by atoms with Crippen molar-refractivity contribution in [2.24, 2.45) is 0 Å². The molecule has 124 valence electrons. The molecule has 3 aliphatic rings. The van der Waals surface area contributed by atoms with Crippen molar-refractivity contribution in [2.45, 2.75) is 83.7 Å². The zero-order valence-corrected chi connectivity index (χ0v) is 17.5. The molecule has 0 saturated carbocycles. The molecule has 3 nitrogen and oxygen atoms in total. The molecule has 6 heteroatoms. The quantitative estimate of drug-likeness (QED) is 0.430. The fourth-order valence-corrected chi connectivity index (χ4v) is 5.35. The van der Waals surface area contributed by atoms with Gasteiger partial charge >= 0.3 is 0 Å². The molecule has 0 aromatic carbocycles. The molecular weight excluding hydrogens is 480 g/mol. The highest BCUT2D eigenvalue weighted by molar-refractivity contribution is 9.10. The van der Waals surface area contributed by atoms with Gasteiger partial charge in [0, 0.05) is 17.7 Å². The molecule has 8 unspecified atom stereocenters. The predicted octanol–water partition coefficient (Wildman–Crippen LogP) is 4.14. The van der Waals surface area contributed by atoms with E-state index in [1.54, 1.807) is 0 Å². The second kappa shape index (κ2) is 6.31. The van der Waals surface area contributed by atoms with Gasteiger partial charge in [-0.3, -0.25) is 0 Å². The molecule has 0 amide bonds. The zero-order chi connectivity index (χ0) is 16.1. The number of alkyl halides is 3. The smallest absolute Gasteiger partial charge is 0.184 e. The monoisotopic (exact) mass is 498 g/mol. The lowest BCUT2D eigenvalue weighted by Crippen LogP contribution is -2.45. The van der Waals surface area contributed by atoms with Crippen molar-refractivity contribution in [1.29, 1.82) is 0 Å². The van der Waals surface area contributed by atoms with Gasteiger partial charge in [0.15, 0.2) is 5.79 Å². The first-order valence-corrected chi connectivity index (χ1v) is 10.5. The van der Waals surface area contributed by atoms with E-state index in [1.807, 2.05) is 0 Å². The number of hydrogen-bond acceptors (Lipinski definition) is 3. The van der Waals surface area contributed by atoms with Gasteiger partial charge in [0.25, 0.3) is 0 Å². The van der Waals surface area contributed by atoms with Crippen LogP contribution < -0.4 is 0 Å². The molecule has 0 radical (unpaired) electrons. The van der Waals surface area contributed by atoms with Gasteiger partial charge < -0.3 is 14.2 Å². The maximum Gasteiger partial charge on any atom is 0.184 e. The first-order chi connectivity index (χ1) is 10.3. The molecule has 22 heavy (non-hydrogen) atoms. The highest BCUT2D eigenvalue weighted by Gasteiger charge is 2.64. The van der Waals surface area contributed by atoms with Gasteiger partial charge in [-0.1, -0.05) is 60.6 Å². The number of halogens is 3. The minimum absolute atomic E-state index is 0.00356. The Balaban J connectivity index is 1.72. The van der Waals surface area contributed by atoms with E-state index in [-0.39, 0.29) is 33.6 Å². The molecule has 3 aliphatic heterocycles. The van der Waals surface area contributed by atoms with Crippen LogP contribution in [0.1, 0.15) is 39.5 Å². The Hall–Kier alpha value is 0.880. The Morgan fingerprint density at radius 3 is 2.68 bits per heavy atom. The second-order valence-electron chi connectivity index (χ2n) is 6.60. The fraction of sp³-hybridized carbons (Fsp3) is 0.875. The Labute approximate surface area is 157 Å². The van der Waals surface area contributed by atoms with Gasteiger partial charge in [-0.15, -0.1) is 6.42 Å². The minimum Gasteiger partial charge on any atom is -0.369 e. The molecule has 0 N–H and O–H groups in total. The Bertz CT molecular complexity index is 482. The number of hydrogen-bond donors (Lipinski definition) is 0. The summed E-state index contributed by atoms with van der Waals surface area (Å²) in [6.45, 7) is 4.33. The van der Waals surface area contributed by atoms with Crippen molar-refractivity contribution in [3.05, 3.63) is 0 Å². The predicted molar refractivity (Wildman–Crippen MR) is 96.9 cm³/mol. The van der Waals surface area contributed by atoms with Crippen LogP contribution in [0.5, 0.6) is 0 Å². The van der Waals surface area contributed by atoms with Gasteiger partial charge in [-0.25, -0.2) is 0 Å². The van der Waals surface area contributed by atoms with Gasteiger partial charge in [0.05, 0.1) is 22.6 Å². The summed E-state index contributed by atoms with van der Waals surface area (Å²) in [7, 11) is 0. The summed E-state index contributed by atoms with van der Waals surface area (Å²) in [5, 5.41) is 0. The van der Waals surface area contributed by atoms with E-state index in [0.29, 0.717) is 4.83 Å². The van der Waals surface area contributed by atoms with Gasteiger partial charge in [0.1, 0.15) is 10.9 Å². The summed E-state index contributed by atoms with van der Waals surface area (Å²) in [5.41, 5.74) is -0.199. The van der Waals surface area contributed by atoms with Crippen LogP contribution in [0, 0.1) is 12.3 Å². The van der Waals surface area contributed by atoms with E-state index in [2.05, 4.69) is 67.6 Å². The first kappa shape index (κ1) is 17.7. The lowest BCUT2D eigenvalue weighted by Gasteiger charge is -2.35. The van der Waals surface area contributed by atoms with Crippen LogP contribution in [0.2, 0.25) is 0 Å². The standard InChI is InChI=1S/C16H21Br3O3/c1-4-9(17)10-8-11-13(20-10)14(19)16(21-11)7-6-15(3,22-16)12(18)5-2/h1,9-14H,5-8H2,2-3H3. The lowest BCUT2D eigenvalue weighted by atomic mass is 9.96. The van der Waals surface area contributed by atoms with Crippen molar-refractivity contribution in [2.75, 3.05) is 0 Å². The fourth-order valence-electron chi connectivity index (χ4n) is 3.80. The summed E-state index contributed by atoms with van der Waals surface area (Å²) in [6.07, 6.45) is 9.22. The Morgan fingerprint density at radius 1 is 1.36 bits per heavy atom. The number of ether oxygens (including phenoxy) is 3. The van der Waals surface area contributed by atoms with Crippen molar-refractivity contribution >= 4 is 47.8 Å². The Morgan fingerprint density at radius 2 is 2.09 bits per heavy atom. The normalized spacial score (nSPS) is 50.0. The van der Waals surface area contributed by atoms with E-state index in [9.17, 15) is 0 Å². The molecule has 0 aromatic heterocycles. The average Bonchev–Trinajstić information content (AvgIpc) is 3.14. The third kappa shape index (κ3) is 2.74. The molecule has 3 heterocycles. The number of rotatable bonds is 3. The van der Waals surface area contributed by atoms with E-state index < -0.39 is 5.79 Å². The highest BCUT2D eigenvalue weighted by Crippen LogP contribution is 2.54. The van der Waals surface area contributed by atoms with E-state index in [0.717, 1.165) is 25.7 Å². The molecule has 0 aliphatic carbocycles. The van der Waals surface area contributed by atoms with Gasteiger partial charge in [-0.05, 0) is 19.8 Å². The summed E-state index contributed by atoms with van der Waals surface area (Å²) < 4.78 is 19.0. The van der Waals surface area contributed by atoms with Crippen molar-refractivity contribution in [3.63, 3.8) is 0 Å². The Kier molecular flexibility index (Phi) is 5.08. The number of fused-ring (bicyclic) bond motifs is 1. The van der Waals surface area contributed by atoms with Crippen molar-refractivity contribution in [1.82, 2.24) is 0 Å². The summed E-state index contributed by atoms with van der Waals surface area (Å²) in [5.74, 6) is 2.12. The van der Waals surface area contributed by atoms with Crippen molar-refractivity contribution in [3.8, 4) is 12.3 Å². The maximum absolute atomic E-state index is 6.47. The molecule has 1 spiro atoms. The summed E-state index contributed by atoms with van der Waals surface area (Å²) in [4.78, 5) is 0.287. The average molecular weight is 501 g/mol. The SMILES string of the molecule is C#CC(Br)C1CC2OC3(CCC(C)(C(Br)CC)O3)C(Br)C2O1. The third-order valence-corrected chi connectivity index (χ3v) is 8.79. The van der Waals surface area contributed by atoms with Crippen LogP contribution in [0.4, 0.5) is 0 Å². The van der Waals surface area contributed by atoms with Crippen LogP contribution in [0.15, 0.2) is 0 Å². The first-order valence-electron chi connectivity index (χ1n) is 7.77. The maximum atomic E-state index is 6.47. The van der Waals surface area contributed by atoms with Crippen molar-refractivity contribution < 1.29 is 14.2 Å². The van der Waals surface area contributed by atoms with E-state index in [1.165, 1.54) is 0 Å². The third-order valence-electron chi connectivity index (χ3n) is 5.10. The van der Waals surface area contributed by atoms with E-state index in [4.69, 9.17) is 20.6 Å². The van der Waals surface area contributed by atoms with Crippen LogP contribution in [0.25, 0.3) is 0 Å². The molecule has 3 rings (SSSR count). The van der Waals surface area contributed by atoms with Crippen LogP contribution in [-0.4, -0.2) is 44.2 Å². The second-order valence-corrected chi connectivity index (χ2v) is 9.68. The highest BCUT2D eigenvalue weighted by atomic mass is 79.9. The molecule has 0 aromatic rings. The molecule has 3 saturated heterocycles. The molecular formula is C16H21Br3O3. The molecule has 8 atom stereocenters. The van der Waals surface area contributed by atoms with E-state index >= 15 is 0 Å². The van der Waals surface area contributed by atoms with Gasteiger partial charge in [-0.2, -0.15) is 0 Å². The zero-order valence-electron chi connectivity index (χ0n) is 12.7. The van der Waals surface area contributed by atoms with Crippen LogP contribution in [0.3, 0.4) is 0 Å². The van der Waals surface area contributed by atoms with Crippen LogP contribution >= 0.6 is 47.8 Å². The summed E-state index contributed by atoms with van der Waals surface area (Å²) in [6, 6.07) is 0. The number of terminal acetylenes is 1. The summed E-state index contributed by atoms with van der Waals surface area (Å²) >= 11 is 11.0. The van der Waals surface area contributed by atoms with Crippen LogP contribution in [-0.2, 0) is 14.2 Å².